The van der Waals surface area contributed by atoms with Crippen LogP contribution in [-0.4, -0.2) is 10.9 Å². The molecule has 1 aromatic heterocycles. The summed E-state index contributed by atoms with van der Waals surface area (Å²) in [5.74, 6) is 4.76. The molecule has 2 aromatic rings. The van der Waals surface area contributed by atoms with E-state index >= 15 is 0 Å². The second-order valence-electron chi connectivity index (χ2n) is 3.66. The van der Waals surface area contributed by atoms with Crippen LogP contribution >= 0.6 is 15.9 Å². The lowest BCUT2D eigenvalue weighted by molar-refractivity contribution is 0.102. The third-order valence-electron chi connectivity index (χ3n) is 2.35. The Kier molecular flexibility index (Phi) is 4.08. The number of rotatable bonds is 3. The predicted molar refractivity (Wildman–Crippen MR) is 74.1 cm³/mol. The van der Waals surface area contributed by atoms with E-state index in [0.29, 0.717) is 21.5 Å². The molecule has 5 nitrogen and oxygen atoms in total. The van der Waals surface area contributed by atoms with Gasteiger partial charge in [-0.3, -0.25) is 4.79 Å². The minimum Gasteiger partial charge on any atom is -0.322 e. The first-order chi connectivity index (χ1) is 9.10. The molecule has 0 fully saturated rings. The van der Waals surface area contributed by atoms with Gasteiger partial charge in [-0.1, -0.05) is 0 Å². The van der Waals surface area contributed by atoms with Gasteiger partial charge in [0.25, 0.3) is 5.91 Å². The summed E-state index contributed by atoms with van der Waals surface area (Å²) in [5, 5.41) is 2.58. The number of carbonyl (C=O) groups is 1. The maximum Gasteiger partial charge on any atom is 0.255 e. The minimum atomic E-state index is -0.447. The summed E-state index contributed by atoms with van der Waals surface area (Å²) in [4.78, 5) is 15.8. The molecule has 0 saturated heterocycles. The first-order valence-corrected chi connectivity index (χ1v) is 6.08. The molecule has 1 aromatic carbocycles. The van der Waals surface area contributed by atoms with E-state index in [1.807, 2.05) is 0 Å². The van der Waals surface area contributed by atoms with Gasteiger partial charge in [-0.15, -0.1) is 0 Å². The number of halogens is 2. The smallest absolute Gasteiger partial charge is 0.255 e. The van der Waals surface area contributed by atoms with Crippen molar-refractivity contribution in [3.63, 3.8) is 0 Å². The predicted octanol–water partition coefficient (Wildman–Crippen LogP) is 2.52. The fourth-order valence-corrected chi connectivity index (χ4v) is 1.67. The maximum atomic E-state index is 13.3. The molecule has 0 radical (unpaired) electrons. The molecule has 7 heteroatoms. The van der Waals surface area contributed by atoms with Gasteiger partial charge >= 0.3 is 0 Å². The summed E-state index contributed by atoms with van der Waals surface area (Å²) >= 11 is 3.04. The fraction of sp³-hybridized carbons (Fsp3) is 0. The number of carbonyl (C=O) groups excluding carboxylic acids is 1. The number of nitrogens with zero attached hydrogens (tertiary/aromatic N) is 1. The van der Waals surface area contributed by atoms with Crippen LogP contribution in [0.5, 0.6) is 0 Å². The highest BCUT2D eigenvalue weighted by molar-refractivity contribution is 9.10. The van der Waals surface area contributed by atoms with Crippen LogP contribution in [0.2, 0.25) is 0 Å². The number of benzene rings is 1. The van der Waals surface area contributed by atoms with Gasteiger partial charge in [0.15, 0.2) is 0 Å². The number of amides is 1. The van der Waals surface area contributed by atoms with E-state index in [-0.39, 0.29) is 5.91 Å². The molecule has 0 spiro atoms. The highest BCUT2D eigenvalue weighted by Crippen LogP contribution is 2.20. The van der Waals surface area contributed by atoms with Crippen LogP contribution in [-0.2, 0) is 0 Å². The van der Waals surface area contributed by atoms with Gasteiger partial charge in [0, 0.05) is 17.4 Å². The van der Waals surface area contributed by atoms with Crippen LogP contribution < -0.4 is 16.6 Å². The Morgan fingerprint density at radius 1 is 1.32 bits per heavy atom. The van der Waals surface area contributed by atoms with E-state index in [1.165, 1.54) is 30.5 Å². The van der Waals surface area contributed by atoms with Crippen LogP contribution in [0.25, 0.3) is 0 Å². The normalized spacial score (nSPS) is 10.1. The quantitative estimate of drug-likeness (QED) is 0.598. The Labute approximate surface area is 117 Å². The van der Waals surface area contributed by atoms with Crippen molar-refractivity contribution in [1.82, 2.24) is 4.98 Å². The first-order valence-electron chi connectivity index (χ1n) is 5.29. The van der Waals surface area contributed by atoms with Gasteiger partial charge < -0.3 is 10.7 Å². The lowest BCUT2D eigenvalue weighted by atomic mass is 10.2. The molecule has 2 rings (SSSR count). The Hall–Kier alpha value is -1.99. The Balaban J connectivity index is 2.18. The molecule has 1 amide bonds. The zero-order valence-electron chi connectivity index (χ0n) is 9.65. The summed E-state index contributed by atoms with van der Waals surface area (Å²) in [7, 11) is 0. The largest absolute Gasteiger partial charge is 0.322 e. The van der Waals surface area contributed by atoms with E-state index in [4.69, 9.17) is 5.84 Å². The van der Waals surface area contributed by atoms with Crippen molar-refractivity contribution in [3.8, 4) is 0 Å². The van der Waals surface area contributed by atoms with E-state index in [9.17, 15) is 9.18 Å². The van der Waals surface area contributed by atoms with Crippen LogP contribution in [0, 0.1) is 5.82 Å². The Morgan fingerprint density at radius 3 is 2.79 bits per heavy atom. The van der Waals surface area contributed by atoms with Gasteiger partial charge in [-0.2, -0.15) is 0 Å². The second-order valence-corrected chi connectivity index (χ2v) is 4.51. The molecule has 19 heavy (non-hydrogen) atoms. The zero-order valence-corrected chi connectivity index (χ0v) is 11.2. The number of hydrogen-bond donors (Lipinski definition) is 3. The highest BCUT2D eigenvalue weighted by Gasteiger charge is 2.08. The number of nitrogens with two attached hydrogens (primary N) is 1. The first kappa shape index (κ1) is 13.4. The monoisotopic (exact) mass is 324 g/mol. The molecular formula is C12H10BrFN4O. The van der Waals surface area contributed by atoms with E-state index in [1.54, 1.807) is 6.07 Å². The molecule has 4 N–H and O–H groups in total. The number of anilines is 2. The molecule has 0 aliphatic rings. The fourth-order valence-electron chi connectivity index (χ4n) is 1.43. The molecule has 98 valence electrons. The molecule has 0 aliphatic carbocycles. The van der Waals surface area contributed by atoms with Gasteiger partial charge in [-0.25, -0.2) is 15.2 Å². The SMILES string of the molecule is NNc1cc(C(=O)Nc2ccc(Br)c(F)c2)ccn1. The topological polar surface area (TPSA) is 80.0 Å². The second kappa shape index (κ2) is 5.77. The lowest BCUT2D eigenvalue weighted by Crippen LogP contribution is -2.14. The van der Waals surface area contributed by atoms with Crippen LogP contribution in [0.1, 0.15) is 10.4 Å². The van der Waals surface area contributed by atoms with Gasteiger partial charge in [0.1, 0.15) is 11.6 Å². The average molecular weight is 325 g/mol. The summed E-state index contributed by atoms with van der Waals surface area (Å²) in [6.45, 7) is 0. The molecule has 0 unspecified atom stereocenters. The van der Waals surface area contributed by atoms with Crippen molar-refractivity contribution in [1.29, 1.82) is 0 Å². The van der Waals surface area contributed by atoms with Gasteiger partial charge in [-0.05, 0) is 46.3 Å². The van der Waals surface area contributed by atoms with Crippen LogP contribution in [0.4, 0.5) is 15.9 Å². The van der Waals surface area contributed by atoms with Gasteiger partial charge in [0.05, 0.1) is 4.47 Å². The van der Waals surface area contributed by atoms with Crippen molar-refractivity contribution >= 4 is 33.3 Å². The van der Waals surface area contributed by atoms with Crippen molar-refractivity contribution in [2.24, 2.45) is 5.84 Å². The van der Waals surface area contributed by atoms with Gasteiger partial charge in [0.2, 0.25) is 0 Å². The third-order valence-corrected chi connectivity index (χ3v) is 2.99. The van der Waals surface area contributed by atoms with Crippen LogP contribution in [0.3, 0.4) is 0 Å². The van der Waals surface area contributed by atoms with Crippen molar-refractivity contribution in [3.05, 3.63) is 52.4 Å². The third kappa shape index (κ3) is 3.27. The summed E-state index contributed by atoms with van der Waals surface area (Å²) in [6, 6.07) is 7.36. The molecule has 0 saturated carbocycles. The average Bonchev–Trinajstić information content (AvgIpc) is 2.43. The number of nitrogen functional groups attached to an aromatic ring is 1. The Morgan fingerprint density at radius 2 is 2.11 bits per heavy atom. The molecule has 0 atom stereocenters. The standard InChI is InChI=1S/C12H10BrFN4O/c13-9-2-1-8(6-10(9)14)17-12(19)7-3-4-16-11(5-7)18-15/h1-6H,15H2,(H,16,18)(H,17,19). The molecular weight excluding hydrogens is 315 g/mol. The number of pyridine rings is 1. The van der Waals surface area contributed by atoms with E-state index < -0.39 is 5.82 Å². The summed E-state index contributed by atoms with van der Waals surface area (Å²) in [6.07, 6.45) is 1.45. The van der Waals surface area contributed by atoms with E-state index in [0.717, 1.165) is 0 Å². The highest BCUT2D eigenvalue weighted by atomic mass is 79.9. The number of hydrazine groups is 1. The van der Waals surface area contributed by atoms with Crippen molar-refractivity contribution in [2.75, 3.05) is 10.7 Å². The van der Waals surface area contributed by atoms with Crippen molar-refractivity contribution < 1.29 is 9.18 Å². The zero-order chi connectivity index (χ0) is 13.8. The van der Waals surface area contributed by atoms with Crippen LogP contribution in [0.15, 0.2) is 41.0 Å². The Bertz CT molecular complexity index is 620. The molecule has 0 bridgehead atoms. The molecule has 1 heterocycles. The van der Waals surface area contributed by atoms with E-state index in [2.05, 4.69) is 31.7 Å². The maximum absolute atomic E-state index is 13.3. The summed E-state index contributed by atoms with van der Waals surface area (Å²) in [5.41, 5.74) is 3.08. The number of nitrogens with one attached hydrogen (secondary N) is 2. The number of hydrogen-bond acceptors (Lipinski definition) is 4. The number of aromatic nitrogens is 1. The van der Waals surface area contributed by atoms with Crippen molar-refractivity contribution in [2.45, 2.75) is 0 Å². The summed E-state index contributed by atoms with van der Waals surface area (Å²) < 4.78 is 13.7. The minimum absolute atomic E-state index is 0.337. The molecule has 0 aliphatic heterocycles. The lowest BCUT2D eigenvalue weighted by Gasteiger charge is -2.07.